The highest BCUT2D eigenvalue weighted by atomic mass is 16.2. The van der Waals surface area contributed by atoms with Crippen molar-refractivity contribution in [3.05, 3.63) is 76.6 Å². The Morgan fingerprint density at radius 3 is 2.75 bits per heavy atom. The van der Waals surface area contributed by atoms with Gasteiger partial charge in [-0.1, -0.05) is 6.07 Å². The van der Waals surface area contributed by atoms with Crippen LogP contribution >= 0.6 is 0 Å². The van der Waals surface area contributed by atoms with E-state index in [0.717, 1.165) is 18.4 Å². The smallest absolute Gasteiger partial charge is 0.270 e. The molecule has 0 aromatic carbocycles. The molecule has 3 aromatic rings. The number of hydrogen-bond acceptors (Lipinski definition) is 4. The summed E-state index contributed by atoms with van der Waals surface area (Å²) in [7, 11) is 0. The summed E-state index contributed by atoms with van der Waals surface area (Å²) in [5.41, 5.74) is 1.32. The molecule has 1 amide bonds. The summed E-state index contributed by atoms with van der Waals surface area (Å²) < 4.78 is 1.41. The molecule has 3 heterocycles. The SMILES string of the molecule is O=C(c1cnc2ccccn2c1=O)N(Cc1ccncc1)C1CC1. The topological polar surface area (TPSA) is 67.6 Å². The summed E-state index contributed by atoms with van der Waals surface area (Å²) in [5, 5.41) is 0. The molecule has 120 valence electrons. The second kappa shape index (κ2) is 5.88. The number of pyridine rings is 2. The van der Waals surface area contributed by atoms with Crippen molar-refractivity contribution in [2.45, 2.75) is 25.4 Å². The molecule has 0 aliphatic heterocycles. The molecule has 6 heteroatoms. The first kappa shape index (κ1) is 14.6. The van der Waals surface area contributed by atoms with Crippen molar-refractivity contribution in [3.63, 3.8) is 0 Å². The van der Waals surface area contributed by atoms with Crippen LogP contribution in [0.5, 0.6) is 0 Å². The van der Waals surface area contributed by atoms with E-state index in [0.29, 0.717) is 12.2 Å². The van der Waals surface area contributed by atoms with E-state index in [1.54, 1.807) is 35.6 Å². The summed E-state index contributed by atoms with van der Waals surface area (Å²) in [6.45, 7) is 0.475. The van der Waals surface area contributed by atoms with Gasteiger partial charge in [-0.15, -0.1) is 0 Å². The number of hydrogen-bond donors (Lipinski definition) is 0. The van der Waals surface area contributed by atoms with Gasteiger partial charge in [0.05, 0.1) is 0 Å². The zero-order chi connectivity index (χ0) is 16.5. The molecule has 0 radical (unpaired) electrons. The van der Waals surface area contributed by atoms with Gasteiger partial charge in [0.2, 0.25) is 0 Å². The molecule has 24 heavy (non-hydrogen) atoms. The first-order chi connectivity index (χ1) is 11.7. The summed E-state index contributed by atoms with van der Waals surface area (Å²) >= 11 is 0. The Labute approximate surface area is 138 Å². The fourth-order valence-corrected chi connectivity index (χ4v) is 2.77. The minimum Gasteiger partial charge on any atom is -0.331 e. The van der Waals surface area contributed by atoms with Gasteiger partial charge in [0.25, 0.3) is 11.5 Å². The Morgan fingerprint density at radius 2 is 2.00 bits per heavy atom. The zero-order valence-electron chi connectivity index (χ0n) is 13.0. The van der Waals surface area contributed by atoms with Crippen molar-refractivity contribution in [1.29, 1.82) is 0 Å². The molecule has 0 spiro atoms. The maximum atomic E-state index is 13.0. The van der Waals surface area contributed by atoms with E-state index in [1.807, 2.05) is 18.2 Å². The Kier molecular flexibility index (Phi) is 3.57. The molecule has 0 bridgehead atoms. The van der Waals surface area contributed by atoms with Gasteiger partial charge in [-0.2, -0.15) is 0 Å². The van der Waals surface area contributed by atoms with Crippen molar-refractivity contribution in [3.8, 4) is 0 Å². The quantitative estimate of drug-likeness (QED) is 0.736. The van der Waals surface area contributed by atoms with Gasteiger partial charge >= 0.3 is 0 Å². The first-order valence-electron chi connectivity index (χ1n) is 7.90. The number of carbonyl (C=O) groups is 1. The molecule has 1 aliphatic rings. The van der Waals surface area contributed by atoms with Gasteiger partial charge in [-0.25, -0.2) is 4.98 Å². The highest BCUT2D eigenvalue weighted by Crippen LogP contribution is 2.29. The lowest BCUT2D eigenvalue weighted by atomic mass is 10.2. The van der Waals surface area contributed by atoms with E-state index < -0.39 is 0 Å². The number of aromatic nitrogens is 3. The van der Waals surface area contributed by atoms with Gasteiger partial charge < -0.3 is 4.90 Å². The third-order valence-corrected chi connectivity index (χ3v) is 4.19. The maximum absolute atomic E-state index is 13.0. The van der Waals surface area contributed by atoms with Crippen LogP contribution in [0.4, 0.5) is 0 Å². The molecule has 3 aromatic heterocycles. The lowest BCUT2D eigenvalue weighted by Gasteiger charge is -2.22. The lowest BCUT2D eigenvalue weighted by molar-refractivity contribution is 0.0727. The van der Waals surface area contributed by atoms with Crippen LogP contribution in [0.15, 0.2) is 59.9 Å². The predicted molar refractivity (Wildman–Crippen MR) is 88.6 cm³/mol. The molecule has 0 N–H and O–H groups in total. The van der Waals surface area contributed by atoms with E-state index in [4.69, 9.17) is 0 Å². The predicted octanol–water partition coefficient (Wildman–Crippen LogP) is 1.89. The summed E-state index contributed by atoms with van der Waals surface area (Å²) in [5.74, 6) is -0.259. The molecular formula is C18H16N4O2. The van der Waals surface area contributed by atoms with Gasteiger partial charge in [0, 0.05) is 37.4 Å². The maximum Gasteiger partial charge on any atom is 0.270 e. The minimum atomic E-state index is -0.328. The summed E-state index contributed by atoms with van der Waals surface area (Å²) in [6, 6.07) is 9.26. The Morgan fingerprint density at radius 1 is 1.21 bits per heavy atom. The van der Waals surface area contributed by atoms with Crippen LogP contribution < -0.4 is 5.56 Å². The summed E-state index contributed by atoms with van der Waals surface area (Å²) in [6.07, 6.45) is 8.38. The van der Waals surface area contributed by atoms with Crippen molar-refractivity contribution in [1.82, 2.24) is 19.3 Å². The van der Waals surface area contributed by atoms with E-state index >= 15 is 0 Å². The molecule has 1 fully saturated rings. The van der Waals surface area contributed by atoms with Crippen LogP contribution in [0.2, 0.25) is 0 Å². The summed E-state index contributed by atoms with van der Waals surface area (Å²) in [4.78, 5) is 35.6. The third-order valence-electron chi connectivity index (χ3n) is 4.19. The average molecular weight is 320 g/mol. The van der Waals surface area contributed by atoms with Crippen molar-refractivity contribution >= 4 is 11.6 Å². The Balaban J connectivity index is 1.70. The van der Waals surface area contributed by atoms with E-state index in [-0.39, 0.29) is 23.1 Å². The molecule has 0 atom stereocenters. The first-order valence-corrected chi connectivity index (χ1v) is 7.90. The van der Waals surface area contributed by atoms with Crippen molar-refractivity contribution < 1.29 is 4.79 Å². The fourth-order valence-electron chi connectivity index (χ4n) is 2.77. The molecule has 1 aliphatic carbocycles. The molecular weight excluding hydrogens is 304 g/mol. The van der Waals surface area contributed by atoms with E-state index in [2.05, 4.69) is 9.97 Å². The fraction of sp³-hybridized carbons (Fsp3) is 0.222. The molecule has 6 nitrogen and oxygen atoms in total. The average Bonchev–Trinajstić information content (AvgIpc) is 3.46. The highest BCUT2D eigenvalue weighted by Gasteiger charge is 2.34. The van der Waals surface area contributed by atoms with Crippen molar-refractivity contribution in [2.75, 3.05) is 0 Å². The van der Waals surface area contributed by atoms with Gasteiger partial charge in [0.15, 0.2) is 0 Å². The third kappa shape index (κ3) is 2.67. The van der Waals surface area contributed by atoms with E-state index in [1.165, 1.54) is 10.6 Å². The van der Waals surface area contributed by atoms with Crippen LogP contribution in [-0.2, 0) is 6.54 Å². The number of carbonyl (C=O) groups excluding carboxylic acids is 1. The standard InChI is InChI=1S/C18H16N4O2/c23-17-15(11-20-16-3-1-2-10-21(16)17)18(24)22(14-4-5-14)12-13-6-8-19-9-7-13/h1-3,6-11,14H,4-5,12H2. The van der Waals surface area contributed by atoms with E-state index in [9.17, 15) is 9.59 Å². The Hall–Kier alpha value is -3.02. The molecule has 4 rings (SSSR count). The monoisotopic (exact) mass is 320 g/mol. The normalized spacial score (nSPS) is 13.8. The largest absolute Gasteiger partial charge is 0.331 e. The molecule has 0 saturated heterocycles. The van der Waals surface area contributed by atoms with Crippen LogP contribution in [0.1, 0.15) is 28.8 Å². The van der Waals surface area contributed by atoms with Crippen molar-refractivity contribution in [2.24, 2.45) is 0 Å². The zero-order valence-corrected chi connectivity index (χ0v) is 13.0. The van der Waals surface area contributed by atoms with Gasteiger partial charge in [0.1, 0.15) is 11.2 Å². The van der Waals surface area contributed by atoms with Gasteiger partial charge in [-0.05, 0) is 42.7 Å². The van der Waals surface area contributed by atoms with Crippen LogP contribution in [0, 0.1) is 0 Å². The van der Waals surface area contributed by atoms with Gasteiger partial charge in [-0.3, -0.25) is 19.0 Å². The van der Waals surface area contributed by atoms with Crippen LogP contribution in [-0.4, -0.2) is 31.2 Å². The number of amides is 1. The lowest BCUT2D eigenvalue weighted by Crippen LogP contribution is -2.37. The second-order valence-electron chi connectivity index (χ2n) is 5.93. The Bertz CT molecular complexity index is 948. The second-order valence-corrected chi connectivity index (χ2v) is 5.93. The number of fused-ring (bicyclic) bond motifs is 1. The minimum absolute atomic E-state index is 0.111. The van der Waals surface area contributed by atoms with Crippen LogP contribution in [0.25, 0.3) is 5.65 Å². The van der Waals surface area contributed by atoms with Crippen LogP contribution in [0.3, 0.4) is 0 Å². The molecule has 1 saturated carbocycles. The number of nitrogens with zero attached hydrogens (tertiary/aromatic N) is 4. The molecule has 0 unspecified atom stereocenters. The number of rotatable bonds is 4. The highest BCUT2D eigenvalue weighted by molar-refractivity contribution is 5.94.